The second-order valence-corrected chi connectivity index (χ2v) is 7.62. The van der Waals surface area contributed by atoms with Crippen molar-refractivity contribution in [1.29, 1.82) is 0 Å². The van der Waals surface area contributed by atoms with Crippen LogP contribution in [0.25, 0.3) is 0 Å². The number of carbonyl (C=O) groups is 2. The summed E-state index contributed by atoms with van der Waals surface area (Å²) in [6.07, 6.45) is 1.74. The number of thioether (sulfide) groups is 1. The maximum absolute atomic E-state index is 12.3. The first-order valence-corrected chi connectivity index (χ1v) is 10.5. The largest absolute Gasteiger partial charge is 0.486 e. The molecular formula is C22H23N5O3S. The summed E-state index contributed by atoms with van der Waals surface area (Å²) >= 11 is 1.27. The number of nitrogens with zero attached hydrogens (tertiary/aromatic N) is 3. The number of nitrogens with two attached hydrogens (primary N) is 1. The van der Waals surface area contributed by atoms with Crippen LogP contribution in [0.2, 0.25) is 0 Å². The van der Waals surface area contributed by atoms with Gasteiger partial charge in [-0.2, -0.15) is 0 Å². The maximum Gasteiger partial charge on any atom is 0.248 e. The lowest BCUT2D eigenvalue weighted by Gasteiger charge is -2.09. The molecule has 3 aromatic rings. The van der Waals surface area contributed by atoms with Crippen molar-refractivity contribution >= 4 is 29.3 Å². The van der Waals surface area contributed by atoms with Gasteiger partial charge in [-0.25, -0.2) is 0 Å². The first-order chi connectivity index (χ1) is 15.0. The van der Waals surface area contributed by atoms with Gasteiger partial charge in [-0.3, -0.25) is 14.2 Å². The summed E-state index contributed by atoms with van der Waals surface area (Å²) in [4.78, 5) is 23.4. The Labute approximate surface area is 184 Å². The lowest BCUT2D eigenvalue weighted by Crippen LogP contribution is -2.15. The summed E-state index contributed by atoms with van der Waals surface area (Å²) in [5.41, 5.74) is 7.33. The van der Waals surface area contributed by atoms with E-state index in [1.165, 1.54) is 11.8 Å². The van der Waals surface area contributed by atoms with Crippen LogP contribution in [0.5, 0.6) is 5.75 Å². The molecule has 0 aliphatic heterocycles. The molecule has 3 rings (SSSR count). The van der Waals surface area contributed by atoms with Crippen molar-refractivity contribution < 1.29 is 14.3 Å². The van der Waals surface area contributed by atoms with E-state index >= 15 is 0 Å². The Morgan fingerprint density at radius 1 is 1.16 bits per heavy atom. The number of aryl methyl sites for hydroxylation is 1. The van der Waals surface area contributed by atoms with Crippen molar-refractivity contribution in [3.8, 4) is 5.75 Å². The Morgan fingerprint density at radius 3 is 2.52 bits per heavy atom. The highest BCUT2D eigenvalue weighted by Crippen LogP contribution is 2.20. The van der Waals surface area contributed by atoms with Gasteiger partial charge in [-0.1, -0.05) is 35.5 Å². The van der Waals surface area contributed by atoms with Gasteiger partial charge in [-0.05, 0) is 43.3 Å². The Hall–Kier alpha value is -3.59. The minimum Gasteiger partial charge on any atom is -0.486 e. The zero-order chi connectivity index (χ0) is 22.2. The predicted molar refractivity (Wildman–Crippen MR) is 120 cm³/mol. The summed E-state index contributed by atoms with van der Waals surface area (Å²) in [7, 11) is 0. The van der Waals surface area contributed by atoms with Crippen LogP contribution in [0.3, 0.4) is 0 Å². The number of benzene rings is 2. The number of primary amides is 1. The number of amides is 2. The Balaban J connectivity index is 1.58. The smallest absolute Gasteiger partial charge is 0.248 e. The molecular weight excluding hydrogens is 414 g/mol. The summed E-state index contributed by atoms with van der Waals surface area (Å²) in [5.74, 6) is 0.811. The van der Waals surface area contributed by atoms with Crippen molar-refractivity contribution in [3.63, 3.8) is 0 Å². The van der Waals surface area contributed by atoms with Crippen LogP contribution in [0, 0.1) is 6.92 Å². The van der Waals surface area contributed by atoms with E-state index < -0.39 is 5.91 Å². The molecule has 0 radical (unpaired) electrons. The van der Waals surface area contributed by atoms with Crippen LogP contribution in [0.15, 0.2) is 66.3 Å². The highest BCUT2D eigenvalue weighted by Gasteiger charge is 2.14. The molecule has 0 atom stereocenters. The van der Waals surface area contributed by atoms with Crippen LogP contribution < -0.4 is 15.8 Å². The lowest BCUT2D eigenvalue weighted by atomic mass is 10.2. The summed E-state index contributed by atoms with van der Waals surface area (Å²) < 4.78 is 7.66. The molecule has 3 N–H and O–H groups in total. The minimum atomic E-state index is -0.517. The van der Waals surface area contributed by atoms with Crippen LogP contribution in [-0.2, 0) is 17.9 Å². The third kappa shape index (κ3) is 6.19. The summed E-state index contributed by atoms with van der Waals surface area (Å²) in [5, 5.41) is 11.8. The second-order valence-electron chi connectivity index (χ2n) is 6.68. The first kappa shape index (κ1) is 22.1. The van der Waals surface area contributed by atoms with Gasteiger partial charge in [0.1, 0.15) is 12.4 Å². The molecule has 0 spiro atoms. The molecule has 2 aromatic carbocycles. The van der Waals surface area contributed by atoms with E-state index in [-0.39, 0.29) is 18.3 Å². The van der Waals surface area contributed by atoms with Gasteiger partial charge in [-0.15, -0.1) is 16.8 Å². The normalized spacial score (nSPS) is 10.5. The third-order valence-corrected chi connectivity index (χ3v) is 5.25. The number of hydrogen-bond acceptors (Lipinski definition) is 6. The molecule has 0 unspecified atom stereocenters. The third-order valence-electron chi connectivity index (χ3n) is 4.28. The molecule has 31 heavy (non-hydrogen) atoms. The van der Waals surface area contributed by atoms with E-state index in [1.807, 2.05) is 35.8 Å². The van der Waals surface area contributed by atoms with Gasteiger partial charge in [0.05, 0.1) is 5.75 Å². The predicted octanol–water partition coefficient (Wildman–Crippen LogP) is 3.18. The zero-order valence-corrected chi connectivity index (χ0v) is 17.9. The van der Waals surface area contributed by atoms with Crippen LogP contribution in [0.1, 0.15) is 21.7 Å². The molecule has 0 saturated heterocycles. The van der Waals surface area contributed by atoms with Gasteiger partial charge in [0, 0.05) is 17.8 Å². The number of nitrogens with one attached hydrogen (secondary N) is 1. The van der Waals surface area contributed by atoms with E-state index in [0.717, 1.165) is 11.3 Å². The number of anilines is 1. The van der Waals surface area contributed by atoms with Crippen molar-refractivity contribution in [2.45, 2.75) is 25.2 Å². The highest BCUT2D eigenvalue weighted by atomic mass is 32.2. The summed E-state index contributed by atoms with van der Waals surface area (Å²) in [6.45, 7) is 6.54. The van der Waals surface area contributed by atoms with E-state index in [9.17, 15) is 9.59 Å². The van der Waals surface area contributed by atoms with Crippen molar-refractivity contribution in [3.05, 3.63) is 78.1 Å². The van der Waals surface area contributed by atoms with Gasteiger partial charge in [0.2, 0.25) is 11.8 Å². The SMILES string of the molecule is C=CCn1c(COc2ccc(C)cc2)nnc1SCC(=O)Nc1ccc(C(N)=O)cc1. The standard InChI is InChI=1S/C22H23N5O3S/c1-3-12-27-19(13-30-18-10-4-15(2)5-11-18)25-26-22(27)31-14-20(28)24-17-8-6-16(7-9-17)21(23)29/h3-11H,1,12-14H2,2H3,(H2,23,29)(H,24,28). The van der Waals surface area contributed by atoms with Gasteiger partial charge in [0.15, 0.2) is 11.0 Å². The molecule has 9 heteroatoms. The summed E-state index contributed by atoms with van der Waals surface area (Å²) in [6, 6.07) is 14.1. The van der Waals surface area contributed by atoms with E-state index in [2.05, 4.69) is 22.1 Å². The molecule has 2 amide bonds. The lowest BCUT2D eigenvalue weighted by molar-refractivity contribution is -0.113. The fourth-order valence-corrected chi connectivity index (χ4v) is 3.44. The Kier molecular flexibility index (Phi) is 7.45. The molecule has 160 valence electrons. The fourth-order valence-electron chi connectivity index (χ4n) is 2.67. The monoisotopic (exact) mass is 437 g/mol. The minimum absolute atomic E-state index is 0.145. The fraction of sp³-hybridized carbons (Fsp3) is 0.182. The zero-order valence-electron chi connectivity index (χ0n) is 17.1. The van der Waals surface area contributed by atoms with E-state index in [1.54, 1.807) is 30.3 Å². The number of aromatic nitrogens is 3. The Morgan fingerprint density at radius 2 is 1.87 bits per heavy atom. The first-order valence-electron chi connectivity index (χ1n) is 9.51. The second kappa shape index (κ2) is 10.4. The molecule has 0 saturated carbocycles. The average molecular weight is 438 g/mol. The average Bonchev–Trinajstić information content (AvgIpc) is 3.14. The maximum atomic E-state index is 12.3. The van der Waals surface area contributed by atoms with Crippen LogP contribution >= 0.6 is 11.8 Å². The number of carbonyl (C=O) groups excluding carboxylic acids is 2. The molecule has 0 bridgehead atoms. The van der Waals surface area contributed by atoms with Crippen molar-refractivity contribution in [2.75, 3.05) is 11.1 Å². The molecule has 0 aliphatic rings. The van der Waals surface area contributed by atoms with Crippen molar-refractivity contribution in [2.24, 2.45) is 5.73 Å². The van der Waals surface area contributed by atoms with Gasteiger partial charge < -0.3 is 15.8 Å². The topological polar surface area (TPSA) is 112 Å². The quantitative estimate of drug-likeness (QED) is 0.372. The molecule has 1 heterocycles. The van der Waals surface area contributed by atoms with Gasteiger partial charge >= 0.3 is 0 Å². The molecule has 0 aliphatic carbocycles. The van der Waals surface area contributed by atoms with E-state index in [4.69, 9.17) is 10.5 Å². The highest BCUT2D eigenvalue weighted by molar-refractivity contribution is 7.99. The van der Waals surface area contributed by atoms with Gasteiger partial charge in [0.25, 0.3) is 0 Å². The molecule has 0 fully saturated rings. The van der Waals surface area contributed by atoms with Crippen LogP contribution in [-0.4, -0.2) is 32.3 Å². The number of allylic oxidation sites excluding steroid dienone is 1. The number of hydrogen-bond donors (Lipinski definition) is 2. The van der Waals surface area contributed by atoms with Crippen LogP contribution in [0.4, 0.5) is 5.69 Å². The molecule has 1 aromatic heterocycles. The Bertz CT molecular complexity index is 1060. The van der Waals surface area contributed by atoms with Crippen molar-refractivity contribution in [1.82, 2.24) is 14.8 Å². The van der Waals surface area contributed by atoms with E-state index in [0.29, 0.717) is 28.8 Å². The number of rotatable bonds is 10. The molecule has 8 nitrogen and oxygen atoms in total. The number of ether oxygens (including phenoxy) is 1.